The zero-order chi connectivity index (χ0) is 13.1. The summed E-state index contributed by atoms with van der Waals surface area (Å²) in [5.41, 5.74) is 1.03. The lowest BCUT2D eigenvalue weighted by Gasteiger charge is -2.18. The lowest BCUT2D eigenvalue weighted by molar-refractivity contribution is -0.384. The summed E-state index contributed by atoms with van der Waals surface area (Å²) < 4.78 is 0. The number of nitro groups is 1. The first kappa shape index (κ1) is 13.4. The van der Waals surface area contributed by atoms with Crippen molar-refractivity contribution in [1.82, 2.24) is 4.98 Å². The Morgan fingerprint density at radius 2 is 2.12 bits per heavy atom. The molecule has 0 saturated carbocycles. The van der Waals surface area contributed by atoms with E-state index in [0.717, 1.165) is 12.0 Å². The quantitative estimate of drug-likeness (QED) is 0.645. The summed E-state index contributed by atoms with van der Waals surface area (Å²) in [6.07, 6.45) is 2.56. The molecule has 5 heteroatoms. The Bertz CT molecular complexity index is 411. The van der Waals surface area contributed by atoms with Gasteiger partial charge in [-0.15, -0.1) is 0 Å². The number of aryl methyl sites for hydroxylation is 1. The third kappa shape index (κ3) is 4.38. The average Bonchev–Trinajstić information content (AvgIpc) is 2.18. The first-order chi connectivity index (χ1) is 7.79. The molecule has 0 aromatic carbocycles. The van der Waals surface area contributed by atoms with Crippen LogP contribution in [0.3, 0.4) is 0 Å². The zero-order valence-corrected chi connectivity index (χ0v) is 10.8. The molecule has 0 bridgehead atoms. The van der Waals surface area contributed by atoms with Gasteiger partial charge < -0.3 is 5.32 Å². The van der Waals surface area contributed by atoms with Crippen molar-refractivity contribution in [2.75, 3.05) is 11.9 Å². The summed E-state index contributed by atoms with van der Waals surface area (Å²) in [6.45, 7) is 8.86. The van der Waals surface area contributed by atoms with E-state index in [2.05, 4.69) is 31.1 Å². The van der Waals surface area contributed by atoms with Gasteiger partial charge in [-0.3, -0.25) is 10.1 Å². The Balaban J connectivity index is 2.74. The highest BCUT2D eigenvalue weighted by Crippen LogP contribution is 2.24. The number of pyridine rings is 1. The fraction of sp³-hybridized carbons (Fsp3) is 0.583. The van der Waals surface area contributed by atoms with Gasteiger partial charge in [0.05, 0.1) is 4.92 Å². The van der Waals surface area contributed by atoms with Crippen LogP contribution in [0.2, 0.25) is 0 Å². The minimum Gasteiger partial charge on any atom is -0.364 e. The van der Waals surface area contributed by atoms with Crippen LogP contribution in [0.15, 0.2) is 12.3 Å². The number of hydrogen-bond acceptors (Lipinski definition) is 4. The van der Waals surface area contributed by atoms with Gasteiger partial charge in [-0.1, -0.05) is 20.8 Å². The largest absolute Gasteiger partial charge is 0.364 e. The van der Waals surface area contributed by atoms with Gasteiger partial charge in [0.2, 0.25) is 5.82 Å². The van der Waals surface area contributed by atoms with Gasteiger partial charge in [-0.05, 0) is 24.3 Å². The van der Waals surface area contributed by atoms with Crippen molar-refractivity contribution in [2.24, 2.45) is 5.41 Å². The summed E-state index contributed by atoms with van der Waals surface area (Å²) in [4.78, 5) is 14.5. The molecular weight excluding hydrogens is 218 g/mol. The number of nitrogens with one attached hydrogen (secondary N) is 1. The maximum absolute atomic E-state index is 10.9. The highest BCUT2D eigenvalue weighted by Gasteiger charge is 2.16. The van der Waals surface area contributed by atoms with Crippen molar-refractivity contribution in [3.8, 4) is 0 Å². The van der Waals surface area contributed by atoms with Crippen molar-refractivity contribution >= 4 is 11.5 Å². The van der Waals surface area contributed by atoms with Crippen LogP contribution in [0.25, 0.3) is 0 Å². The van der Waals surface area contributed by atoms with Crippen molar-refractivity contribution in [3.63, 3.8) is 0 Å². The van der Waals surface area contributed by atoms with Crippen LogP contribution in [0.1, 0.15) is 32.8 Å². The predicted octanol–water partition coefficient (Wildman–Crippen LogP) is 3.15. The molecule has 0 aliphatic rings. The minimum absolute atomic E-state index is 0.0407. The molecule has 0 aliphatic carbocycles. The molecule has 0 fully saturated rings. The Kier molecular flexibility index (Phi) is 4.04. The molecule has 0 unspecified atom stereocenters. The lowest BCUT2D eigenvalue weighted by atomic mass is 9.92. The van der Waals surface area contributed by atoms with Crippen LogP contribution in [0, 0.1) is 22.5 Å². The molecule has 1 rings (SSSR count). The Morgan fingerprint density at radius 1 is 1.47 bits per heavy atom. The van der Waals surface area contributed by atoms with Crippen LogP contribution in [-0.4, -0.2) is 16.5 Å². The Morgan fingerprint density at radius 3 is 2.65 bits per heavy atom. The fourth-order valence-electron chi connectivity index (χ4n) is 1.39. The molecule has 0 saturated heterocycles. The molecular formula is C12H19N3O2. The Labute approximate surface area is 101 Å². The van der Waals surface area contributed by atoms with E-state index in [4.69, 9.17) is 0 Å². The van der Waals surface area contributed by atoms with E-state index in [1.54, 1.807) is 13.1 Å². The molecule has 1 heterocycles. The standard InChI is InChI=1S/C12H19N3O2/c1-9-7-10(15(16)17)11(14-8-9)13-6-5-12(2,3)4/h7-8H,5-6H2,1-4H3,(H,13,14). The molecule has 1 aromatic rings. The number of anilines is 1. The second kappa shape index (κ2) is 5.12. The van der Waals surface area contributed by atoms with E-state index < -0.39 is 4.92 Å². The molecule has 5 nitrogen and oxygen atoms in total. The maximum atomic E-state index is 10.9. The summed E-state index contributed by atoms with van der Waals surface area (Å²) in [5.74, 6) is 0.352. The van der Waals surface area contributed by atoms with Crippen molar-refractivity contribution in [1.29, 1.82) is 0 Å². The topological polar surface area (TPSA) is 68.1 Å². The highest BCUT2D eigenvalue weighted by atomic mass is 16.6. The fourth-order valence-corrected chi connectivity index (χ4v) is 1.39. The summed E-state index contributed by atoms with van der Waals surface area (Å²) in [5, 5.41) is 13.9. The number of rotatable bonds is 4. The molecule has 1 aromatic heterocycles. The van der Waals surface area contributed by atoms with Gasteiger partial charge in [0.25, 0.3) is 0 Å². The van der Waals surface area contributed by atoms with Crippen LogP contribution < -0.4 is 5.32 Å². The van der Waals surface area contributed by atoms with Crippen LogP contribution >= 0.6 is 0 Å². The average molecular weight is 237 g/mol. The molecule has 0 aliphatic heterocycles. The molecule has 1 N–H and O–H groups in total. The Hall–Kier alpha value is -1.65. The van der Waals surface area contributed by atoms with Gasteiger partial charge >= 0.3 is 5.69 Å². The lowest BCUT2D eigenvalue weighted by Crippen LogP contribution is -2.14. The third-order valence-electron chi connectivity index (χ3n) is 2.37. The van der Waals surface area contributed by atoms with Crippen LogP contribution in [0.5, 0.6) is 0 Å². The molecule has 94 valence electrons. The SMILES string of the molecule is Cc1cnc(NCCC(C)(C)C)c([N+](=O)[O-])c1. The number of nitrogens with zero attached hydrogens (tertiary/aromatic N) is 2. The second-order valence-corrected chi connectivity index (χ2v) is 5.37. The molecule has 0 amide bonds. The highest BCUT2D eigenvalue weighted by molar-refractivity contribution is 5.56. The van der Waals surface area contributed by atoms with E-state index in [1.807, 2.05) is 0 Å². The van der Waals surface area contributed by atoms with Gasteiger partial charge in [0.1, 0.15) is 0 Å². The molecule has 0 radical (unpaired) electrons. The van der Waals surface area contributed by atoms with Gasteiger partial charge in [-0.25, -0.2) is 4.98 Å². The minimum atomic E-state index is -0.403. The summed E-state index contributed by atoms with van der Waals surface area (Å²) in [6, 6.07) is 1.53. The van der Waals surface area contributed by atoms with Gasteiger partial charge in [-0.2, -0.15) is 0 Å². The second-order valence-electron chi connectivity index (χ2n) is 5.37. The van der Waals surface area contributed by atoms with Crippen molar-refractivity contribution < 1.29 is 4.92 Å². The first-order valence-electron chi connectivity index (χ1n) is 5.64. The first-order valence-corrected chi connectivity index (χ1v) is 5.64. The van der Waals surface area contributed by atoms with E-state index in [9.17, 15) is 10.1 Å². The smallest absolute Gasteiger partial charge is 0.311 e. The van der Waals surface area contributed by atoms with E-state index in [1.165, 1.54) is 6.07 Å². The molecule has 0 atom stereocenters. The van der Waals surface area contributed by atoms with Crippen molar-refractivity contribution in [2.45, 2.75) is 34.1 Å². The summed E-state index contributed by atoms with van der Waals surface area (Å²) in [7, 11) is 0. The molecule has 0 spiro atoms. The van der Waals surface area contributed by atoms with E-state index in [0.29, 0.717) is 12.4 Å². The number of aromatic nitrogens is 1. The van der Waals surface area contributed by atoms with Gasteiger partial charge in [0, 0.05) is 18.8 Å². The predicted molar refractivity (Wildman–Crippen MR) is 68.2 cm³/mol. The van der Waals surface area contributed by atoms with Crippen LogP contribution in [-0.2, 0) is 0 Å². The van der Waals surface area contributed by atoms with E-state index >= 15 is 0 Å². The molecule has 17 heavy (non-hydrogen) atoms. The monoisotopic (exact) mass is 237 g/mol. The normalized spacial score (nSPS) is 11.3. The zero-order valence-electron chi connectivity index (χ0n) is 10.8. The van der Waals surface area contributed by atoms with Crippen molar-refractivity contribution in [3.05, 3.63) is 27.9 Å². The van der Waals surface area contributed by atoms with E-state index in [-0.39, 0.29) is 11.1 Å². The third-order valence-corrected chi connectivity index (χ3v) is 2.37. The van der Waals surface area contributed by atoms with Gasteiger partial charge in [0.15, 0.2) is 0 Å². The summed E-state index contributed by atoms with van der Waals surface area (Å²) >= 11 is 0. The number of hydrogen-bond donors (Lipinski definition) is 1. The van der Waals surface area contributed by atoms with Crippen LogP contribution in [0.4, 0.5) is 11.5 Å². The maximum Gasteiger partial charge on any atom is 0.311 e.